The van der Waals surface area contributed by atoms with Gasteiger partial charge in [-0.15, -0.1) is 0 Å². The molecule has 1 aliphatic carbocycles. The van der Waals surface area contributed by atoms with E-state index in [9.17, 15) is 0 Å². The molecule has 2 N–H and O–H groups in total. The number of nitriles is 1. The van der Waals surface area contributed by atoms with Crippen molar-refractivity contribution in [2.24, 2.45) is 0 Å². The first kappa shape index (κ1) is 9.50. The minimum absolute atomic E-state index is 0.00938. The Bertz CT molecular complexity index is 164. The first-order valence-corrected chi connectivity index (χ1v) is 4.56. The lowest BCUT2D eigenvalue weighted by Gasteiger charge is -2.41. The average Bonchev–Trinajstić information content (AvgIpc) is 2.02. The SMILES string of the molecule is N#CCCCNC1(CO)CCC1. The van der Waals surface area contributed by atoms with Crippen LogP contribution in [0.2, 0.25) is 0 Å². The number of hydrogen-bond acceptors (Lipinski definition) is 3. The largest absolute Gasteiger partial charge is 0.394 e. The Morgan fingerprint density at radius 2 is 2.25 bits per heavy atom. The summed E-state index contributed by atoms with van der Waals surface area (Å²) < 4.78 is 0. The molecular weight excluding hydrogens is 152 g/mol. The number of hydrogen-bond donors (Lipinski definition) is 2. The predicted molar refractivity (Wildman–Crippen MR) is 46.5 cm³/mol. The highest BCUT2D eigenvalue weighted by Gasteiger charge is 2.35. The van der Waals surface area contributed by atoms with Crippen molar-refractivity contribution < 1.29 is 5.11 Å². The predicted octanol–water partition coefficient (Wildman–Crippen LogP) is 0.795. The van der Waals surface area contributed by atoms with Gasteiger partial charge in [-0.25, -0.2) is 0 Å². The molecule has 0 aromatic carbocycles. The van der Waals surface area contributed by atoms with Crippen LogP contribution in [-0.4, -0.2) is 23.8 Å². The maximum absolute atomic E-state index is 9.07. The molecule has 0 saturated heterocycles. The minimum atomic E-state index is 0.00938. The van der Waals surface area contributed by atoms with E-state index in [1.165, 1.54) is 6.42 Å². The van der Waals surface area contributed by atoms with Gasteiger partial charge in [0.05, 0.1) is 12.7 Å². The van der Waals surface area contributed by atoms with E-state index < -0.39 is 0 Å². The minimum Gasteiger partial charge on any atom is -0.394 e. The molecule has 3 nitrogen and oxygen atoms in total. The van der Waals surface area contributed by atoms with Crippen LogP contribution in [0.5, 0.6) is 0 Å². The summed E-state index contributed by atoms with van der Waals surface area (Å²) in [6.45, 7) is 1.09. The monoisotopic (exact) mass is 168 g/mol. The fourth-order valence-electron chi connectivity index (χ4n) is 1.52. The molecule has 0 aliphatic heterocycles. The molecule has 1 saturated carbocycles. The van der Waals surface area contributed by atoms with E-state index in [0.29, 0.717) is 6.42 Å². The van der Waals surface area contributed by atoms with Crippen LogP contribution in [0.1, 0.15) is 32.1 Å². The zero-order chi connectivity index (χ0) is 8.86. The van der Waals surface area contributed by atoms with E-state index in [1.807, 2.05) is 0 Å². The van der Waals surface area contributed by atoms with Crippen molar-refractivity contribution in [2.75, 3.05) is 13.2 Å². The Morgan fingerprint density at radius 3 is 2.67 bits per heavy atom. The maximum Gasteiger partial charge on any atom is 0.0622 e. The highest BCUT2D eigenvalue weighted by Crippen LogP contribution is 2.30. The molecule has 0 amide bonds. The molecule has 0 unspecified atom stereocenters. The molecule has 0 spiro atoms. The van der Waals surface area contributed by atoms with Gasteiger partial charge in [-0.05, 0) is 32.2 Å². The molecule has 1 rings (SSSR count). The lowest BCUT2D eigenvalue weighted by atomic mass is 9.77. The van der Waals surface area contributed by atoms with Crippen LogP contribution in [0.15, 0.2) is 0 Å². The van der Waals surface area contributed by atoms with Gasteiger partial charge in [0, 0.05) is 12.0 Å². The lowest BCUT2D eigenvalue weighted by molar-refractivity contribution is 0.0890. The van der Waals surface area contributed by atoms with Crippen LogP contribution >= 0.6 is 0 Å². The van der Waals surface area contributed by atoms with Gasteiger partial charge in [0.1, 0.15) is 0 Å². The number of nitrogens with zero attached hydrogens (tertiary/aromatic N) is 1. The van der Waals surface area contributed by atoms with Gasteiger partial charge in [-0.3, -0.25) is 0 Å². The molecule has 0 aromatic rings. The van der Waals surface area contributed by atoms with Crippen molar-refractivity contribution in [1.29, 1.82) is 5.26 Å². The third-order valence-electron chi connectivity index (χ3n) is 2.58. The lowest BCUT2D eigenvalue weighted by Crippen LogP contribution is -2.54. The second-order valence-corrected chi connectivity index (χ2v) is 3.48. The van der Waals surface area contributed by atoms with Gasteiger partial charge >= 0.3 is 0 Å². The standard InChI is InChI=1S/C9H16N2O/c10-6-1-2-7-11-9(8-12)4-3-5-9/h11-12H,1-5,7-8H2. The van der Waals surface area contributed by atoms with E-state index in [2.05, 4.69) is 11.4 Å². The maximum atomic E-state index is 9.07. The summed E-state index contributed by atoms with van der Waals surface area (Å²) in [6.07, 6.45) is 4.87. The third-order valence-corrected chi connectivity index (χ3v) is 2.58. The van der Waals surface area contributed by atoms with Gasteiger partial charge in [-0.1, -0.05) is 0 Å². The van der Waals surface area contributed by atoms with Crippen molar-refractivity contribution >= 4 is 0 Å². The molecule has 0 heterocycles. The summed E-state index contributed by atoms with van der Waals surface area (Å²) in [5.41, 5.74) is 0.00938. The van der Waals surface area contributed by atoms with Crippen LogP contribution < -0.4 is 5.32 Å². The Morgan fingerprint density at radius 1 is 1.50 bits per heavy atom. The number of unbranched alkanes of at least 4 members (excludes halogenated alkanes) is 1. The quantitative estimate of drug-likeness (QED) is 0.597. The normalized spacial score (nSPS) is 19.7. The van der Waals surface area contributed by atoms with Crippen LogP contribution in [0.3, 0.4) is 0 Å². The third kappa shape index (κ3) is 2.20. The Kier molecular flexibility index (Phi) is 3.51. The molecule has 0 aromatic heterocycles. The van der Waals surface area contributed by atoms with Gasteiger partial charge in [-0.2, -0.15) is 5.26 Å². The average molecular weight is 168 g/mol. The number of aliphatic hydroxyl groups is 1. The topological polar surface area (TPSA) is 56.0 Å². The molecule has 12 heavy (non-hydrogen) atoms. The Labute approximate surface area is 73.4 Å². The molecule has 3 heteroatoms. The van der Waals surface area contributed by atoms with Crippen molar-refractivity contribution in [1.82, 2.24) is 5.32 Å². The summed E-state index contributed by atoms with van der Waals surface area (Å²) >= 11 is 0. The van der Waals surface area contributed by atoms with E-state index in [4.69, 9.17) is 10.4 Å². The van der Waals surface area contributed by atoms with E-state index in [1.54, 1.807) is 0 Å². The molecule has 68 valence electrons. The first-order valence-electron chi connectivity index (χ1n) is 4.56. The number of aliphatic hydroxyl groups excluding tert-OH is 1. The van der Waals surface area contributed by atoms with Crippen molar-refractivity contribution in [2.45, 2.75) is 37.6 Å². The van der Waals surface area contributed by atoms with Crippen molar-refractivity contribution in [3.63, 3.8) is 0 Å². The summed E-state index contributed by atoms with van der Waals surface area (Å²) in [6, 6.07) is 2.11. The summed E-state index contributed by atoms with van der Waals surface area (Å²) in [5.74, 6) is 0. The number of rotatable bonds is 5. The smallest absolute Gasteiger partial charge is 0.0622 e. The van der Waals surface area contributed by atoms with Crippen LogP contribution in [0.4, 0.5) is 0 Å². The Balaban J connectivity index is 2.09. The molecule has 1 fully saturated rings. The fourth-order valence-corrected chi connectivity index (χ4v) is 1.52. The van der Waals surface area contributed by atoms with Crippen molar-refractivity contribution in [3.05, 3.63) is 0 Å². The highest BCUT2D eigenvalue weighted by atomic mass is 16.3. The van der Waals surface area contributed by atoms with Crippen LogP contribution in [0, 0.1) is 11.3 Å². The highest BCUT2D eigenvalue weighted by molar-refractivity contribution is 4.95. The second-order valence-electron chi connectivity index (χ2n) is 3.48. The van der Waals surface area contributed by atoms with Crippen LogP contribution in [0.25, 0.3) is 0 Å². The van der Waals surface area contributed by atoms with Gasteiger partial charge < -0.3 is 10.4 Å². The fraction of sp³-hybridized carbons (Fsp3) is 0.889. The van der Waals surface area contributed by atoms with Crippen LogP contribution in [-0.2, 0) is 0 Å². The zero-order valence-electron chi connectivity index (χ0n) is 7.34. The molecule has 1 aliphatic rings. The first-order chi connectivity index (χ1) is 5.83. The molecule has 0 atom stereocenters. The summed E-state index contributed by atoms with van der Waals surface area (Å²) in [7, 11) is 0. The summed E-state index contributed by atoms with van der Waals surface area (Å²) in [5, 5.41) is 20.7. The molecule has 0 radical (unpaired) electrons. The second kappa shape index (κ2) is 4.44. The van der Waals surface area contributed by atoms with Crippen molar-refractivity contribution in [3.8, 4) is 6.07 Å². The molecule has 0 bridgehead atoms. The number of nitrogens with one attached hydrogen (secondary N) is 1. The summed E-state index contributed by atoms with van der Waals surface area (Å²) in [4.78, 5) is 0. The van der Waals surface area contributed by atoms with Gasteiger partial charge in [0.15, 0.2) is 0 Å². The van der Waals surface area contributed by atoms with E-state index >= 15 is 0 Å². The van der Waals surface area contributed by atoms with E-state index in [-0.39, 0.29) is 12.1 Å². The molecular formula is C9H16N2O. The zero-order valence-corrected chi connectivity index (χ0v) is 7.34. The van der Waals surface area contributed by atoms with E-state index in [0.717, 1.165) is 25.8 Å². The van der Waals surface area contributed by atoms with Gasteiger partial charge in [0.2, 0.25) is 0 Å². The Hall–Kier alpha value is -0.590. The van der Waals surface area contributed by atoms with Gasteiger partial charge in [0.25, 0.3) is 0 Å².